The van der Waals surface area contributed by atoms with E-state index in [1.807, 2.05) is 13.0 Å². The lowest BCUT2D eigenvalue weighted by Crippen LogP contribution is -2.36. The summed E-state index contributed by atoms with van der Waals surface area (Å²) < 4.78 is 23.1. The summed E-state index contributed by atoms with van der Waals surface area (Å²) in [5.41, 5.74) is 1.87. The second-order valence-corrected chi connectivity index (χ2v) is 6.99. The predicted molar refractivity (Wildman–Crippen MR) is 96.5 cm³/mol. The van der Waals surface area contributed by atoms with Crippen LogP contribution in [-0.4, -0.2) is 40.8 Å². The molecule has 1 aliphatic heterocycles. The Morgan fingerprint density at radius 2 is 2.20 bits per heavy atom. The number of anilines is 2. The van der Waals surface area contributed by atoms with Crippen LogP contribution in [-0.2, 0) is 11.3 Å². The van der Waals surface area contributed by atoms with E-state index in [2.05, 4.69) is 19.6 Å². The molecule has 3 rings (SSSR count). The van der Waals surface area contributed by atoms with Crippen LogP contribution in [0.1, 0.15) is 37.2 Å². The zero-order valence-electron chi connectivity index (χ0n) is 14.4. The monoisotopic (exact) mass is 366 g/mol. The van der Waals surface area contributed by atoms with E-state index in [9.17, 15) is 9.50 Å². The van der Waals surface area contributed by atoms with Gasteiger partial charge in [0.2, 0.25) is 5.13 Å². The molecule has 25 heavy (non-hydrogen) atoms. The van der Waals surface area contributed by atoms with Gasteiger partial charge in [-0.1, -0.05) is 0 Å². The maximum Gasteiger partial charge on any atom is 0.203 e. The van der Waals surface area contributed by atoms with E-state index in [0.717, 1.165) is 37.2 Å². The third-order valence-corrected chi connectivity index (χ3v) is 5.03. The van der Waals surface area contributed by atoms with E-state index < -0.39 is 0 Å². The van der Waals surface area contributed by atoms with E-state index in [1.165, 1.54) is 17.6 Å². The fraction of sp³-hybridized carbons (Fsp3) is 0.529. The highest BCUT2D eigenvalue weighted by Gasteiger charge is 2.22. The van der Waals surface area contributed by atoms with Crippen LogP contribution >= 0.6 is 11.5 Å². The zero-order chi connectivity index (χ0) is 17.8. The summed E-state index contributed by atoms with van der Waals surface area (Å²) in [6, 6.07) is 4.74. The smallest absolute Gasteiger partial charge is 0.203 e. The molecule has 2 aromatic rings. The zero-order valence-corrected chi connectivity index (χ0v) is 15.2. The molecule has 6 nitrogen and oxygen atoms in total. The summed E-state index contributed by atoms with van der Waals surface area (Å²) in [6.45, 7) is 3.88. The highest BCUT2D eigenvalue weighted by Crippen LogP contribution is 2.31. The van der Waals surface area contributed by atoms with Gasteiger partial charge in [0.1, 0.15) is 12.4 Å². The van der Waals surface area contributed by atoms with Crippen molar-refractivity contribution in [1.82, 2.24) is 9.36 Å². The van der Waals surface area contributed by atoms with Gasteiger partial charge in [-0.2, -0.15) is 4.37 Å². The van der Waals surface area contributed by atoms with Crippen molar-refractivity contribution in [3.05, 3.63) is 35.4 Å². The van der Waals surface area contributed by atoms with E-state index >= 15 is 0 Å². The molecule has 0 spiro atoms. The van der Waals surface area contributed by atoms with Crippen molar-refractivity contribution in [2.45, 2.75) is 38.5 Å². The summed E-state index contributed by atoms with van der Waals surface area (Å²) >= 11 is 1.27. The molecule has 2 heterocycles. The molecule has 0 unspecified atom stereocenters. The van der Waals surface area contributed by atoms with Crippen molar-refractivity contribution in [3.63, 3.8) is 0 Å². The SMILES string of the molecule is COCc1nsc(N[C@@H](C)c2cc(F)ccc2N2CCC(O)CC2)n1. The molecule has 0 radical (unpaired) electrons. The van der Waals surface area contributed by atoms with Crippen molar-refractivity contribution < 1.29 is 14.2 Å². The maximum absolute atomic E-state index is 13.9. The van der Waals surface area contributed by atoms with Gasteiger partial charge in [-0.05, 0) is 38.0 Å². The van der Waals surface area contributed by atoms with Crippen molar-refractivity contribution in [1.29, 1.82) is 0 Å². The summed E-state index contributed by atoms with van der Waals surface area (Å²) in [7, 11) is 1.60. The summed E-state index contributed by atoms with van der Waals surface area (Å²) in [4.78, 5) is 6.58. The highest BCUT2D eigenvalue weighted by molar-refractivity contribution is 7.09. The van der Waals surface area contributed by atoms with Crippen molar-refractivity contribution in [2.24, 2.45) is 0 Å². The first-order chi connectivity index (χ1) is 12.1. The molecule has 0 aliphatic carbocycles. The minimum Gasteiger partial charge on any atom is -0.393 e. The first kappa shape index (κ1) is 18.0. The number of halogens is 1. The van der Waals surface area contributed by atoms with Crippen LogP contribution in [0, 0.1) is 5.82 Å². The van der Waals surface area contributed by atoms with Gasteiger partial charge in [-0.15, -0.1) is 0 Å². The fourth-order valence-corrected chi connectivity index (χ4v) is 3.69. The van der Waals surface area contributed by atoms with Crippen molar-refractivity contribution in [3.8, 4) is 0 Å². The number of ether oxygens (including phenoxy) is 1. The molecule has 1 aromatic heterocycles. The Balaban J connectivity index is 1.78. The van der Waals surface area contributed by atoms with E-state index in [4.69, 9.17) is 4.74 Å². The first-order valence-electron chi connectivity index (χ1n) is 8.37. The number of aliphatic hydroxyl groups excluding tert-OH is 1. The highest BCUT2D eigenvalue weighted by atomic mass is 32.1. The van der Waals surface area contributed by atoms with Crippen LogP contribution in [0.25, 0.3) is 0 Å². The van der Waals surface area contributed by atoms with Gasteiger partial charge in [-0.3, -0.25) is 0 Å². The van der Waals surface area contributed by atoms with Gasteiger partial charge >= 0.3 is 0 Å². The molecule has 0 bridgehead atoms. The minimum absolute atomic E-state index is 0.124. The van der Waals surface area contributed by atoms with E-state index in [-0.39, 0.29) is 18.0 Å². The molecule has 1 aromatic carbocycles. The number of piperidine rings is 1. The second-order valence-electron chi connectivity index (χ2n) is 6.24. The molecule has 2 N–H and O–H groups in total. The summed E-state index contributed by atoms with van der Waals surface area (Å²) in [6.07, 6.45) is 1.22. The number of aliphatic hydroxyl groups is 1. The number of rotatable bonds is 6. The van der Waals surface area contributed by atoms with Gasteiger partial charge in [-0.25, -0.2) is 9.37 Å². The topological polar surface area (TPSA) is 70.5 Å². The molecule has 1 aliphatic rings. The summed E-state index contributed by atoms with van der Waals surface area (Å²) in [5.74, 6) is 0.369. The van der Waals surface area contributed by atoms with Crippen LogP contribution in [0.5, 0.6) is 0 Å². The Morgan fingerprint density at radius 1 is 1.44 bits per heavy atom. The molecular weight excluding hydrogens is 343 g/mol. The van der Waals surface area contributed by atoms with E-state index in [0.29, 0.717) is 17.6 Å². The number of benzene rings is 1. The average molecular weight is 366 g/mol. The fourth-order valence-electron chi connectivity index (χ4n) is 3.03. The van der Waals surface area contributed by atoms with Crippen molar-refractivity contribution >= 4 is 22.4 Å². The van der Waals surface area contributed by atoms with Crippen LogP contribution in [0.4, 0.5) is 15.2 Å². The average Bonchev–Trinajstić information content (AvgIpc) is 3.03. The molecule has 136 valence electrons. The Bertz CT molecular complexity index is 704. The second kappa shape index (κ2) is 8.07. The Hall–Kier alpha value is -1.77. The number of hydrogen-bond acceptors (Lipinski definition) is 7. The number of methoxy groups -OCH3 is 1. The normalized spacial score (nSPS) is 16.9. The first-order valence-corrected chi connectivity index (χ1v) is 9.14. The number of nitrogens with one attached hydrogen (secondary N) is 1. The van der Waals surface area contributed by atoms with Gasteiger partial charge < -0.3 is 20.1 Å². The number of hydrogen-bond donors (Lipinski definition) is 2. The molecule has 0 saturated carbocycles. The number of nitrogens with zero attached hydrogens (tertiary/aromatic N) is 3. The van der Waals surface area contributed by atoms with Gasteiger partial charge in [0.15, 0.2) is 5.82 Å². The van der Waals surface area contributed by atoms with Crippen LogP contribution < -0.4 is 10.2 Å². The summed E-state index contributed by atoms with van der Waals surface area (Å²) in [5, 5.41) is 13.7. The quantitative estimate of drug-likeness (QED) is 0.819. The van der Waals surface area contributed by atoms with Crippen LogP contribution in [0.2, 0.25) is 0 Å². The molecule has 1 atom stereocenters. The lowest BCUT2D eigenvalue weighted by atomic mass is 10.0. The number of aromatic nitrogens is 2. The molecule has 1 saturated heterocycles. The molecule has 0 amide bonds. The van der Waals surface area contributed by atoms with Gasteiger partial charge in [0, 0.05) is 43.0 Å². The third kappa shape index (κ3) is 4.45. The van der Waals surface area contributed by atoms with E-state index in [1.54, 1.807) is 13.2 Å². The minimum atomic E-state index is -0.262. The van der Waals surface area contributed by atoms with Crippen LogP contribution in [0.15, 0.2) is 18.2 Å². The lowest BCUT2D eigenvalue weighted by molar-refractivity contribution is 0.145. The Labute approximate surface area is 150 Å². The Morgan fingerprint density at radius 3 is 2.92 bits per heavy atom. The van der Waals surface area contributed by atoms with Crippen LogP contribution in [0.3, 0.4) is 0 Å². The largest absolute Gasteiger partial charge is 0.393 e. The molecular formula is C17H23FN4O2S. The maximum atomic E-state index is 13.9. The predicted octanol–water partition coefficient (Wildman–Crippen LogP) is 2.96. The molecule has 1 fully saturated rings. The molecule has 8 heteroatoms. The Kier molecular flexibility index (Phi) is 5.82. The lowest BCUT2D eigenvalue weighted by Gasteiger charge is -2.34. The third-order valence-electron chi connectivity index (χ3n) is 4.34. The van der Waals surface area contributed by atoms with Crippen molar-refractivity contribution in [2.75, 3.05) is 30.4 Å². The standard InChI is InChI=1S/C17H23FN4O2S/c1-11(19-17-20-16(10-24-2)21-25-17)14-9-12(18)3-4-15(14)22-7-5-13(23)6-8-22/h3-4,9,11,13,23H,5-8,10H2,1-2H3,(H,19,20,21)/t11-/m0/s1. The van der Waals surface area contributed by atoms with Gasteiger partial charge in [0.05, 0.1) is 12.1 Å². The van der Waals surface area contributed by atoms with Gasteiger partial charge in [0.25, 0.3) is 0 Å².